The van der Waals surface area contributed by atoms with Gasteiger partial charge in [0.1, 0.15) is 11.6 Å². The average Bonchev–Trinajstić information content (AvgIpc) is 2.85. The Balaban J connectivity index is 1.63. The normalized spacial score (nSPS) is 10.6. The smallest absolute Gasteiger partial charge is 0.145 e. The number of ether oxygens (including phenoxy) is 2. The summed E-state index contributed by atoms with van der Waals surface area (Å²) in [4.78, 5) is 0. The Kier molecular flexibility index (Phi) is 4.80. The van der Waals surface area contributed by atoms with Crippen LogP contribution in [0.3, 0.4) is 0 Å². The van der Waals surface area contributed by atoms with E-state index in [4.69, 9.17) is 15.2 Å². The number of aryl methyl sites for hydroxylation is 1. The number of nitrogens with two attached hydrogens (primary N) is 1. The van der Waals surface area contributed by atoms with Crippen molar-refractivity contribution in [1.82, 2.24) is 9.78 Å². The first-order valence-electron chi connectivity index (χ1n) is 6.27. The van der Waals surface area contributed by atoms with E-state index in [1.54, 1.807) is 13.2 Å². The molecule has 0 saturated carbocycles. The lowest BCUT2D eigenvalue weighted by Crippen LogP contribution is -2.04. The van der Waals surface area contributed by atoms with Crippen LogP contribution in [0.15, 0.2) is 36.5 Å². The molecule has 1 aromatic heterocycles. The third-order valence-electron chi connectivity index (χ3n) is 2.76. The zero-order valence-corrected chi connectivity index (χ0v) is 11.1. The zero-order chi connectivity index (χ0) is 13.5. The molecular weight excluding hydrogens is 242 g/mol. The Morgan fingerprint density at radius 1 is 1.21 bits per heavy atom. The van der Waals surface area contributed by atoms with Crippen molar-refractivity contribution in [2.24, 2.45) is 0 Å². The molecule has 2 aromatic rings. The van der Waals surface area contributed by atoms with E-state index in [9.17, 15) is 0 Å². The summed E-state index contributed by atoms with van der Waals surface area (Å²) in [7, 11) is 1.66. The van der Waals surface area contributed by atoms with Gasteiger partial charge in [0.15, 0.2) is 0 Å². The van der Waals surface area contributed by atoms with Gasteiger partial charge in [0.05, 0.1) is 13.7 Å². The van der Waals surface area contributed by atoms with Crippen LogP contribution in [0.5, 0.6) is 5.75 Å². The average molecular weight is 261 g/mol. The maximum Gasteiger partial charge on any atom is 0.145 e. The summed E-state index contributed by atoms with van der Waals surface area (Å²) in [6.45, 7) is 2.14. The van der Waals surface area contributed by atoms with Crippen LogP contribution in [-0.2, 0) is 17.9 Å². The molecule has 5 nitrogen and oxygen atoms in total. The van der Waals surface area contributed by atoms with Crippen molar-refractivity contribution in [2.75, 3.05) is 19.5 Å². The second-order valence-corrected chi connectivity index (χ2v) is 4.26. The maximum absolute atomic E-state index is 5.61. The number of rotatable bonds is 7. The second kappa shape index (κ2) is 6.80. The van der Waals surface area contributed by atoms with Gasteiger partial charge < -0.3 is 15.2 Å². The summed E-state index contributed by atoms with van der Waals surface area (Å²) in [5.41, 5.74) is 6.68. The van der Waals surface area contributed by atoms with E-state index in [0.29, 0.717) is 19.0 Å². The number of hydrogen-bond donors (Lipinski definition) is 1. The number of nitrogens with zero attached hydrogens (tertiary/aromatic N) is 2. The summed E-state index contributed by atoms with van der Waals surface area (Å²) in [5.74, 6) is 1.42. The summed E-state index contributed by atoms with van der Waals surface area (Å²) in [6.07, 6.45) is 2.79. The number of anilines is 1. The number of nitrogen functional groups attached to an aromatic ring is 1. The fourth-order valence-corrected chi connectivity index (χ4v) is 1.74. The van der Waals surface area contributed by atoms with E-state index in [1.807, 2.05) is 35.1 Å². The Hall–Kier alpha value is -2.01. The van der Waals surface area contributed by atoms with Crippen LogP contribution in [0.1, 0.15) is 12.0 Å². The molecule has 0 saturated heterocycles. The molecule has 1 aromatic carbocycles. The Morgan fingerprint density at radius 3 is 2.63 bits per heavy atom. The number of methoxy groups -OCH3 is 1. The van der Waals surface area contributed by atoms with Gasteiger partial charge in [0, 0.05) is 19.3 Å². The van der Waals surface area contributed by atoms with Crippen LogP contribution in [0.4, 0.5) is 5.82 Å². The molecule has 0 bridgehead atoms. The molecule has 2 rings (SSSR count). The lowest BCUT2D eigenvalue weighted by molar-refractivity contribution is 0.115. The van der Waals surface area contributed by atoms with Gasteiger partial charge in [0.25, 0.3) is 0 Å². The maximum atomic E-state index is 5.61. The molecule has 5 heteroatoms. The highest BCUT2D eigenvalue weighted by Crippen LogP contribution is 2.12. The zero-order valence-electron chi connectivity index (χ0n) is 11.1. The molecule has 0 radical (unpaired) electrons. The van der Waals surface area contributed by atoms with Gasteiger partial charge in [-0.15, -0.1) is 0 Å². The Labute approximate surface area is 112 Å². The van der Waals surface area contributed by atoms with Gasteiger partial charge >= 0.3 is 0 Å². The second-order valence-electron chi connectivity index (χ2n) is 4.26. The van der Waals surface area contributed by atoms with E-state index in [1.165, 1.54) is 0 Å². The standard InChI is InChI=1S/C14H19N3O2/c1-18-13-5-3-12(4-6-13)11-19-10-2-8-17-9-7-14(15)16-17/h3-7,9H,2,8,10-11H2,1H3,(H2,15,16). The van der Waals surface area contributed by atoms with E-state index in [-0.39, 0.29) is 0 Å². The molecular formula is C14H19N3O2. The molecule has 0 fully saturated rings. The van der Waals surface area contributed by atoms with Gasteiger partial charge in [-0.2, -0.15) is 5.10 Å². The molecule has 0 amide bonds. The van der Waals surface area contributed by atoms with Crippen LogP contribution < -0.4 is 10.5 Å². The van der Waals surface area contributed by atoms with E-state index < -0.39 is 0 Å². The summed E-state index contributed by atoms with van der Waals surface area (Å²) in [5, 5.41) is 4.11. The highest BCUT2D eigenvalue weighted by molar-refractivity contribution is 5.26. The molecule has 19 heavy (non-hydrogen) atoms. The number of hydrogen-bond acceptors (Lipinski definition) is 4. The summed E-state index contributed by atoms with van der Waals surface area (Å²) >= 11 is 0. The minimum atomic E-state index is 0.555. The van der Waals surface area contributed by atoms with Crippen molar-refractivity contribution < 1.29 is 9.47 Å². The minimum absolute atomic E-state index is 0.555. The molecule has 0 spiro atoms. The first-order valence-corrected chi connectivity index (χ1v) is 6.27. The third kappa shape index (κ3) is 4.30. The number of benzene rings is 1. The van der Waals surface area contributed by atoms with Crippen molar-refractivity contribution in [3.63, 3.8) is 0 Å². The molecule has 1 heterocycles. The fourth-order valence-electron chi connectivity index (χ4n) is 1.74. The van der Waals surface area contributed by atoms with Crippen molar-refractivity contribution in [2.45, 2.75) is 19.6 Å². The quantitative estimate of drug-likeness (QED) is 0.775. The van der Waals surface area contributed by atoms with Crippen LogP contribution in [0.25, 0.3) is 0 Å². The molecule has 2 N–H and O–H groups in total. The molecule has 0 aliphatic heterocycles. The predicted molar refractivity (Wildman–Crippen MR) is 73.9 cm³/mol. The largest absolute Gasteiger partial charge is 0.497 e. The van der Waals surface area contributed by atoms with E-state index in [0.717, 1.165) is 24.3 Å². The highest BCUT2D eigenvalue weighted by Gasteiger charge is 1.97. The van der Waals surface area contributed by atoms with Gasteiger partial charge in [-0.05, 0) is 30.2 Å². The van der Waals surface area contributed by atoms with Crippen LogP contribution in [0.2, 0.25) is 0 Å². The predicted octanol–water partition coefficient (Wildman–Crippen LogP) is 2.08. The van der Waals surface area contributed by atoms with Gasteiger partial charge in [-0.3, -0.25) is 4.68 Å². The van der Waals surface area contributed by atoms with E-state index >= 15 is 0 Å². The summed E-state index contributed by atoms with van der Waals surface area (Å²) in [6, 6.07) is 9.68. The van der Waals surface area contributed by atoms with Crippen molar-refractivity contribution in [3.8, 4) is 5.75 Å². The molecule has 102 valence electrons. The van der Waals surface area contributed by atoms with Crippen molar-refractivity contribution in [1.29, 1.82) is 0 Å². The first-order chi connectivity index (χ1) is 9.28. The molecule has 0 atom stereocenters. The van der Waals surface area contributed by atoms with E-state index in [2.05, 4.69) is 5.10 Å². The highest BCUT2D eigenvalue weighted by atomic mass is 16.5. The molecule has 0 aliphatic rings. The molecule has 0 unspecified atom stereocenters. The van der Waals surface area contributed by atoms with Crippen molar-refractivity contribution in [3.05, 3.63) is 42.1 Å². The fraction of sp³-hybridized carbons (Fsp3) is 0.357. The third-order valence-corrected chi connectivity index (χ3v) is 2.76. The Bertz CT molecular complexity index is 494. The lowest BCUT2D eigenvalue weighted by Gasteiger charge is -2.06. The van der Waals surface area contributed by atoms with Crippen LogP contribution >= 0.6 is 0 Å². The topological polar surface area (TPSA) is 62.3 Å². The number of aromatic nitrogens is 2. The van der Waals surface area contributed by atoms with Gasteiger partial charge in [-0.1, -0.05) is 12.1 Å². The SMILES string of the molecule is COc1ccc(COCCCn2ccc(N)n2)cc1. The van der Waals surface area contributed by atoms with Crippen LogP contribution in [-0.4, -0.2) is 23.5 Å². The Morgan fingerprint density at radius 2 is 2.00 bits per heavy atom. The minimum Gasteiger partial charge on any atom is -0.497 e. The van der Waals surface area contributed by atoms with Crippen LogP contribution in [0, 0.1) is 0 Å². The lowest BCUT2D eigenvalue weighted by atomic mass is 10.2. The van der Waals surface area contributed by atoms with Gasteiger partial charge in [-0.25, -0.2) is 0 Å². The monoisotopic (exact) mass is 261 g/mol. The van der Waals surface area contributed by atoms with Gasteiger partial charge in [0.2, 0.25) is 0 Å². The first kappa shape index (κ1) is 13.4. The van der Waals surface area contributed by atoms with Crippen molar-refractivity contribution >= 4 is 5.82 Å². The molecule has 0 aliphatic carbocycles. The summed E-state index contributed by atoms with van der Waals surface area (Å²) < 4.78 is 12.5.